The summed E-state index contributed by atoms with van der Waals surface area (Å²) in [7, 11) is 1.57. The molecule has 0 radical (unpaired) electrons. The summed E-state index contributed by atoms with van der Waals surface area (Å²) in [5, 5.41) is 13.9. The fourth-order valence-electron chi connectivity index (χ4n) is 1.92. The fourth-order valence-corrected chi connectivity index (χ4v) is 2.14. The van der Waals surface area contributed by atoms with Gasteiger partial charge in [0.15, 0.2) is 11.6 Å². The molecule has 0 saturated heterocycles. The van der Waals surface area contributed by atoms with Gasteiger partial charge in [-0.2, -0.15) is 0 Å². The minimum Gasteiger partial charge on any atom is -0.484 e. The molecular weight excluding hydrogens is 299 g/mol. The van der Waals surface area contributed by atoms with Crippen LogP contribution < -0.4 is 10.1 Å². The highest BCUT2D eigenvalue weighted by Gasteiger charge is 2.17. The first-order valence-electron chi connectivity index (χ1n) is 6.05. The summed E-state index contributed by atoms with van der Waals surface area (Å²) in [5.41, 5.74) is 0.791. The van der Waals surface area contributed by atoms with Crippen molar-refractivity contribution in [3.8, 4) is 5.75 Å². The highest BCUT2D eigenvalue weighted by molar-refractivity contribution is 6.32. The van der Waals surface area contributed by atoms with E-state index in [2.05, 4.69) is 5.32 Å². The van der Waals surface area contributed by atoms with Crippen molar-refractivity contribution in [1.82, 2.24) is 0 Å². The van der Waals surface area contributed by atoms with E-state index in [1.54, 1.807) is 19.2 Å². The number of anilines is 1. The molecule has 0 aliphatic rings. The largest absolute Gasteiger partial charge is 0.484 e. The maximum Gasteiger partial charge on any atom is 0.292 e. The zero-order valence-corrected chi connectivity index (χ0v) is 11.9. The second kappa shape index (κ2) is 6.41. The molecule has 0 unspecified atom stereocenters. The van der Waals surface area contributed by atoms with Gasteiger partial charge in [0.05, 0.1) is 9.95 Å². The Hall–Kier alpha value is -2.34. The molecule has 5 nitrogen and oxygen atoms in total. The van der Waals surface area contributed by atoms with Crippen LogP contribution in [0.25, 0.3) is 0 Å². The number of hydrogen-bond acceptors (Lipinski definition) is 4. The average Bonchev–Trinajstić information content (AvgIpc) is 2.46. The number of rotatable bonds is 5. The molecule has 2 aromatic carbocycles. The van der Waals surface area contributed by atoms with E-state index >= 15 is 0 Å². The van der Waals surface area contributed by atoms with Gasteiger partial charge in [-0.1, -0.05) is 29.8 Å². The van der Waals surface area contributed by atoms with E-state index in [9.17, 15) is 14.5 Å². The van der Waals surface area contributed by atoms with Crippen molar-refractivity contribution in [2.24, 2.45) is 0 Å². The smallest absolute Gasteiger partial charge is 0.292 e. The van der Waals surface area contributed by atoms with Crippen LogP contribution in [0.5, 0.6) is 5.75 Å². The fraction of sp³-hybridized carbons (Fsp3) is 0.143. The van der Waals surface area contributed by atoms with Gasteiger partial charge in [0, 0.05) is 18.7 Å². The minimum atomic E-state index is -0.584. The summed E-state index contributed by atoms with van der Waals surface area (Å²) >= 11 is 5.86. The standard InChI is InChI=1S/C14H12ClFN2O3/c1-17-13-9(4-2-7-12(13)18(19)20)8-21-14-10(15)5-3-6-11(14)16/h2-7,17H,8H2,1H3. The summed E-state index contributed by atoms with van der Waals surface area (Å²) in [6, 6.07) is 8.79. The van der Waals surface area contributed by atoms with Crippen molar-refractivity contribution >= 4 is 23.0 Å². The van der Waals surface area contributed by atoms with E-state index in [0.29, 0.717) is 11.3 Å². The Bertz CT molecular complexity index is 659. The zero-order chi connectivity index (χ0) is 15.4. The molecule has 0 aromatic heterocycles. The molecule has 0 aliphatic heterocycles. The molecule has 0 amide bonds. The number of nitro groups is 1. The SMILES string of the molecule is CNc1c(COc2c(F)cccc2Cl)cccc1[N+](=O)[O-]. The molecule has 7 heteroatoms. The third kappa shape index (κ3) is 3.22. The van der Waals surface area contributed by atoms with Crippen LogP contribution in [-0.2, 0) is 6.61 Å². The van der Waals surface area contributed by atoms with Crippen LogP contribution >= 0.6 is 11.6 Å². The minimum absolute atomic E-state index is 0.0431. The molecule has 0 heterocycles. The van der Waals surface area contributed by atoms with Crippen molar-refractivity contribution in [2.45, 2.75) is 6.61 Å². The van der Waals surface area contributed by atoms with E-state index in [-0.39, 0.29) is 23.1 Å². The number of nitrogens with zero attached hydrogens (tertiary/aromatic N) is 1. The van der Waals surface area contributed by atoms with Crippen LogP contribution in [0.15, 0.2) is 36.4 Å². The first kappa shape index (κ1) is 15.1. The molecule has 0 spiro atoms. The lowest BCUT2D eigenvalue weighted by molar-refractivity contribution is -0.384. The monoisotopic (exact) mass is 310 g/mol. The van der Waals surface area contributed by atoms with Crippen molar-refractivity contribution in [2.75, 3.05) is 12.4 Å². The van der Waals surface area contributed by atoms with E-state index in [4.69, 9.17) is 16.3 Å². The number of hydrogen-bond donors (Lipinski definition) is 1. The third-order valence-electron chi connectivity index (χ3n) is 2.87. The van der Waals surface area contributed by atoms with Crippen molar-refractivity contribution < 1.29 is 14.1 Å². The lowest BCUT2D eigenvalue weighted by Gasteiger charge is -2.12. The van der Waals surface area contributed by atoms with Crippen molar-refractivity contribution in [1.29, 1.82) is 0 Å². The molecule has 2 aromatic rings. The Labute approximate surface area is 125 Å². The van der Waals surface area contributed by atoms with Crippen LogP contribution in [0.3, 0.4) is 0 Å². The summed E-state index contributed by atoms with van der Waals surface area (Å²) in [4.78, 5) is 10.5. The van der Waals surface area contributed by atoms with Crippen molar-refractivity contribution in [3.05, 3.63) is 62.9 Å². The van der Waals surface area contributed by atoms with Gasteiger partial charge in [-0.3, -0.25) is 10.1 Å². The molecule has 0 saturated carbocycles. The molecular formula is C14H12ClFN2O3. The average molecular weight is 311 g/mol. The lowest BCUT2D eigenvalue weighted by atomic mass is 10.1. The van der Waals surface area contributed by atoms with Gasteiger partial charge in [-0.05, 0) is 12.1 Å². The third-order valence-corrected chi connectivity index (χ3v) is 3.16. The number of nitro benzene ring substituents is 1. The number of para-hydroxylation sites is 2. The van der Waals surface area contributed by atoms with Gasteiger partial charge in [-0.25, -0.2) is 4.39 Å². The topological polar surface area (TPSA) is 64.4 Å². The van der Waals surface area contributed by atoms with Gasteiger partial charge < -0.3 is 10.1 Å². The quantitative estimate of drug-likeness (QED) is 0.669. The number of halogens is 2. The van der Waals surface area contributed by atoms with Crippen LogP contribution in [0, 0.1) is 15.9 Å². The van der Waals surface area contributed by atoms with Gasteiger partial charge in [0.2, 0.25) is 0 Å². The number of benzene rings is 2. The van der Waals surface area contributed by atoms with E-state index in [1.807, 2.05) is 0 Å². The van der Waals surface area contributed by atoms with E-state index in [0.717, 1.165) is 0 Å². The molecule has 0 fully saturated rings. The second-order valence-electron chi connectivity index (χ2n) is 4.16. The lowest BCUT2D eigenvalue weighted by Crippen LogP contribution is -2.04. The number of ether oxygens (including phenoxy) is 1. The maximum absolute atomic E-state index is 13.6. The van der Waals surface area contributed by atoms with Crippen LogP contribution in [-0.4, -0.2) is 12.0 Å². The first-order chi connectivity index (χ1) is 10.0. The number of nitrogens with one attached hydrogen (secondary N) is 1. The van der Waals surface area contributed by atoms with Crippen molar-refractivity contribution in [3.63, 3.8) is 0 Å². The molecule has 110 valence electrons. The van der Waals surface area contributed by atoms with Gasteiger partial charge in [-0.15, -0.1) is 0 Å². The predicted molar refractivity (Wildman–Crippen MR) is 78.4 cm³/mol. The maximum atomic E-state index is 13.6. The zero-order valence-electron chi connectivity index (χ0n) is 11.1. The Morgan fingerprint density at radius 1 is 1.33 bits per heavy atom. The summed E-state index contributed by atoms with van der Waals surface area (Å²) in [6.45, 7) is -0.0431. The predicted octanol–water partition coefficient (Wildman–Crippen LogP) is 4.01. The Kier molecular flexibility index (Phi) is 4.59. The van der Waals surface area contributed by atoms with Gasteiger partial charge >= 0.3 is 0 Å². The molecule has 1 N–H and O–H groups in total. The van der Waals surface area contributed by atoms with E-state index < -0.39 is 10.7 Å². The van der Waals surface area contributed by atoms with Crippen LogP contribution in [0.2, 0.25) is 5.02 Å². The molecule has 0 atom stereocenters. The Balaban J connectivity index is 2.28. The first-order valence-corrected chi connectivity index (χ1v) is 6.43. The Morgan fingerprint density at radius 3 is 2.67 bits per heavy atom. The molecule has 0 bridgehead atoms. The highest BCUT2D eigenvalue weighted by Crippen LogP contribution is 2.31. The van der Waals surface area contributed by atoms with E-state index in [1.165, 1.54) is 24.3 Å². The second-order valence-corrected chi connectivity index (χ2v) is 4.57. The molecule has 21 heavy (non-hydrogen) atoms. The molecule has 0 aliphatic carbocycles. The summed E-state index contributed by atoms with van der Waals surface area (Å²) < 4.78 is 19.0. The van der Waals surface area contributed by atoms with Gasteiger partial charge in [0.25, 0.3) is 5.69 Å². The van der Waals surface area contributed by atoms with Gasteiger partial charge in [0.1, 0.15) is 12.3 Å². The van der Waals surface area contributed by atoms with Crippen LogP contribution in [0.4, 0.5) is 15.8 Å². The summed E-state index contributed by atoms with van der Waals surface area (Å²) in [6.07, 6.45) is 0. The summed E-state index contributed by atoms with van der Waals surface area (Å²) in [5.74, 6) is -0.660. The molecule has 2 rings (SSSR count). The van der Waals surface area contributed by atoms with Crippen LogP contribution in [0.1, 0.15) is 5.56 Å². The Morgan fingerprint density at radius 2 is 2.05 bits per heavy atom. The highest BCUT2D eigenvalue weighted by atomic mass is 35.5. The normalized spacial score (nSPS) is 10.2.